The second kappa shape index (κ2) is 7.77. The summed E-state index contributed by atoms with van der Waals surface area (Å²) in [7, 11) is 0. The van der Waals surface area contributed by atoms with Crippen molar-refractivity contribution in [3.8, 4) is 0 Å². The molecule has 140 valence electrons. The topological polar surface area (TPSA) is 85.2 Å². The van der Waals surface area contributed by atoms with E-state index >= 15 is 0 Å². The van der Waals surface area contributed by atoms with E-state index in [0.717, 1.165) is 27.3 Å². The number of hydrogen-bond donors (Lipinski definition) is 1. The number of anilines is 1. The number of aromatic nitrogens is 1. The molecule has 1 atom stereocenters. The highest BCUT2D eigenvalue weighted by molar-refractivity contribution is 7.16. The molecule has 0 bridgehead atoms. The summed E-state index contributed by atoms with van der Waals surface area (Å²) < 4.78 is 8.41. The summed E-state index contributed by atoms with van der Waals surface area (Å²) in [5.41, 5.74) is 1.81. The molecule has 26 heavy (non-hydrogen) atoms. The van der Waals surface area contributed by atoms with E-state index in [4.69, 9.17) is 9.57 Å². The van der Waals surface area contributed by atoms with Crippen molar-refractivity contribution in [3.05, 3.63) is 23.0 Å². The summed E-state index contributed by atoms with van der Waals surface area (Å²) in [6, 6.07) is 5.83. The molecular weight excluding hydrogens is 356 g/mol. The molecule has 3 rings (SSSR count). The number of carbonyl (C=O) groups excluding carboxylic acids is 2. The van der Waals surface area contributed by atoms with Gasteiger partial charge in [0.1, 0.15) is 12.7 Å². The third-order valence-electron chi connectivity index (χ3n) is 4.02. The molecule has 1 fully saturated rings. The first-order valence-corrected chi connectivity index (χ1v) is 9.37. The fourth-order valence-corrected chi connectivity index (χ4v) is 3.91. The monoisotopic (exact) mass is 378 g/mol. The molecule has 0 spiro atoms. The van der Waals surface area contributed by atoms with Crippen LogP contribution in [0, 0.1) is 0 Å². The van der Waals surface area contributed by atoms with Crippen LogP contribution in [0.5, 0.6) is 0 Å². The van der Waals surface area contributed by atoms with Crippen LogP contribution in [0.4, 0.5) is 10.5 Å². The number of aryl methyl sites for hydroxylation is 1. The third-order valence-corrected chi connectivity index (χ3v) is 5.04. The molecule has 0 aliphatic carbocycles. The van der Waals surface area contributed by atoms with E-state index in [1.165, 1.54) is 18.3 Å². The van der Waals surface area contributed by atoms with E-state index in [1.807, 2.05) is 25.1 Å². The Balaban J connectivity index is 1.87. The van der Waals surface area contributed by atoms with Gasteiger partial charge < -0.3 is 19.5 Å². The van der Waals surface area contributed by atoms with Crippen LogP contribution < -0.4 is 15.0 Å². The van der Waals surface area contributed by atoms with Crippen LogP contribution in [0.1, 0.15) is 20.8 Å². The van der Waals surface area contributed by atoms with Crippen molar-refractivity contribution in [1.82, 2.24) is 9.88 Å². The summed E-state index contributed by atoms with van der Waals surface area (Å²) in [6.07, 6.45) is -0.756. The number of hydrogen-bond acceptors (Lipinski definition) is 6. The smallest absolute Gasteiger partial charge is 0.414 e. The number of amides is 2. The van der Waals surface area contributed by atoms with Gasteiger partial charge in [-0.15, -0.1) is 0 Å². The minimum Gasteiger partial charge on any atom is -0.442 e. The minimum absolute atomic E-state index is 0.144. The quantitative estimate of drug-likeness (QED) is 0.780. The number of benzene rings is 1. The zero-order valence-electron chi connectivity index (χ0n) is 15.0. The van der Waals surface area contributed by atoms with Crippen LogP contribution >= 0.6 is 11.3 Å². The van der Waals surface area contributed by atoms with E-state index in [1.54, 1.807) is 4.90 Å². The lowest BCUT2D eigenvalue weighted by molar-refractivity contribution is -0.119. The Morgan fingerprint density at radius 3 is 2.96 bits per heavy atom. The predicted molar refractivity (Wildman–Crippen MR) is 99.0 cm³/mol. The number of rotatable bonds is 6. The highest BCUT2D eigenvalue weighted by atomic mass is 32.1. The molecule has 2 aromatic rings. The second-order valence-corrected chi connectivity index (χ2v) is 6.85. The number of nitrogens with one attached hydrogen (secondary N) is 1. The minimum atomic E-state index is -0.404. The van der Waals surface area contributed by atoms with Crippen LogP contribution in [0.3, 0.4) is 0 Å². The summed E-state index contributed by atoms with van der Waals surface area (Å²) in [5, 5.41) is 6.84. The fourth-order valence-electron chi connectivity index (χ4n) is 2.82. The van der Waals surface area contributed by atoms with E-state index in [-0.39, 0.29) is 12.0 Å². The maximum atomic E-state index is 12.2. The summed E-state index contributed by atoms with van der Waals surface area (Å²) >= 11 is 1.51. The van der Waals surface area contributed by atoms with E-state index < -0.39 is 6.09 Å². The Morgan fingerprint density at radius 2 is 2.27 bits per heavy atom. The van der Waals surface area contributed by atoms with Gasteiger partial charge in [-0.05, 0) is 32.0 Å². The van der Waals surface area contributed by atoms with Crippen LogP contribution in [0.25, 0.3) is 10.2 Å². The molecule has 0 radical (unpaired) electrons. The van der Waals surface area contributed by atoms with Gasteiger partial charge >= 0.3 is 6.09 Å². The molecule has 1 aromatic carbocycles. The molecule has 1 N–H and O–H groups in total. The standard InChI is InChI=1S/C17H22N4O4S/c1-4-20-14-7-6-12(8-15(14)26-16(20)19-24-5-2)21-10-13(25-17(21)23)9-18-11(3)22/h6-8,13H,4-5,9-10H2,1-3H3,(H,18,22)/b19-16+/t13-/m0/s1. The summed E-state index contributed by atoms with van der Waals surface area (Å²) in [5.74, 6) is -0.144. The highest BCUT2D eigenvalue weighted by Crippen LogP contribution is 2.27. The van der Waals surface area contributed by atoms with Gasteiger partial charge in [-0.25, -0.2) is 4.79 Å². The number of cyclic esters (lactones) is 1. The first-order chi connectivity index (χ1) is 12.5. The Labute approximate surface area is 155 Å². The fraction of sp³-hybridized carbons (Fsp3) is 0.471. The Kier molecular flexibility index (Phi) is 5.46. The Hall–Kier alpha value is -2.55. The molecule has 0 saturated carbocycles. The molecular formula is C17H22N4O4S. The molecule has 9 heteroatoms. The van der Waals surface area contributed by atoms with Gasteiger partial charge in [0.25, 0.3) is 0 Å². The van der Waals surface area contributed by atoms with Crippen LogP contribution in [-0.4, -0.2) is 42.4 Å². The van der Waals surface area contributed by atoms with Gasteiger partial charge in [-0.3, -0.25) is 9.69 Å². The SMILES string of the molecule is CCO/N=c1/sc2cc(N3C[C@H](CNC(C)=O)OC3=O)ccc2n1CC. The zero-order valence-corrected chi connectivity index (χ0v) is 15.8. The lowest BCUT2D eigenvalue weighted by atomic mass is 10.2. The van der Waals surface area contributed by atoms with Crippen molar-refractivity contribution in [2.75, 3.05) is 24.6 Å². The first-order valence-electron chi connectivity index (χ1n) is 8.55. The van der Waals surface area contributed by atoms with Gasteiger partial charge in [0.15, 0.2) is 0 Å². The van der Waals surface area contributed by atoms with Crippen molar-refractivity contribution in [3.63, 3.8) is 0 Å². The average molecular weight is 378 g/mol. The number of nitrogens with zero attached hydrogens (tertiary/aromatic N) is 3. The Bertz CT molecular complexity index is 889. The molecule has 0 unspecified atom stereocenters. The van der Waals surface area contributed by atoms with Gasteiger partial charge in [-0.1, -0.05) is 16.5 Å². The van der Waals surface area contributed by atoms with E-state index in [0.29, 0.717) is 19.7 Å². The summed E-state index contributed by atoms with van der Waals surface area (Å²) in [6.45, 7) is 7.38. The predicted octanol–water partition coefficient (Wildman–Crippen LogP) is 2.04. The number of carbonyl (C=O) groups is 2. The molecule has 1 saturated heterocycles. The average Bonchev–Trinajstić information content (AvgIpc) is 3.16. The van der Waals surface area contributed by atoms with Gasteiger partial charge in [0.05, 0.1) is 23.3 Å². The molecule has 1 aliphatic rings. The highest BCUT2D eigenvalue weighted by Gasteiger charge is 2.32. The number of thiazole rings is 1. The molecule has 1 aliphatic heterocycles. The zero-order chi connectivity index (χ0) is 18.7. The van der Waals surface area contributed by atoms with Crippen molar-refractivity contribution in [2.24, 2.45) is 5.16 Å². The largest absolute Gasteiger partial charge is 0.442 e. The first kappa shape index (κ1) is 18.2. The molecule has 2 amide bonds. The molecule has 2 heterocycles. The maximum Gasteiger partial charge on any atom is 0.414 e. The summed E-state index contributed by atoms with van der Waals surface area (Å²) in [4.78, 5) is 30.8. The Morgan fingerprint density at radius 1 is 1.46 bits per heavy atom. The third kappa shape index (κ3) is 3.67. The van der Waals surface area contributed by atoms with Gasteiger partial charge in [-0.2, -0.15) is 0 Å². The van der Waals surface area contributed by atoms with E-state index in [2.05, 4.69) is 22.0 Å². The number of ether oxygens (including phenoxy) is 1. The van der Waals surface area contributed by atoms with Crippen molar-refractivity contribution >= 4 is 39.2 Å². The normalized spacial score (nSPS) is 17.7. The van der Waals surface area contributed by atoms with Crippen LogP contribution in [0.2, 0.25) is 0 Å². The van der Waals surface area contributed by atoms with Gasteiger partial charge in [0, 0.05) is 19.2 Å². The lowest BCUT2D eigenvalue weighted by Gasteiger charge is -2.13. The second-order valence-electron chi connectivity index (χ2n) is 5.84. The molecule has 8 nitrogen and oxygen atoms in total. The maximum absolute atomic E-state index is 12.2. The molecule has 1 aromatic heterocycles. The van der Waals surface area contributed by atoms with Crippen molar-refractivity contribution in [1.29, 1.82) is 0 Å². The lowest BCUT2D eigenvalue weighted by Crippen LogP contribution is -2.33. The van der Waals surface area contributed by atoms with Crippen molar-refractivity contribution < 1.29 is 19.2 Å². The van der Waals surface area contributed by atoms with Crippen LogP contribution in [0.15, 0.2) is 23.4 Å². The number of fused-ring (bicyclic) bond motifs is 1. The van der Waals surface area contributed by atoms with Crippen molar-refractivity contribution in [2.45, 2.75) is 33.4 Å². The van der Waals surface area contributed by atoms with Gasteiger partial charge in [0.2, 0.25) is 10.7 Å². The van der Waals surface area contributed by atoms with E-state index in [9.17, 15) is 9.59 Å². The van der Waals surface area contributed by atoms with Crippen LogP contribution in [-0.2, 0) is 20.9 Å².